The van der Waals surface area contributed by atoms with Crippen LogP contribution < -0.4 is 5.32 Å². The third kappa shape index (κ3) is 5.19. The van der Waals surface area contributed by atoms with Gasteiger partial charge in [0.2, 0.25) is 6.19 Å². The number of amides is 1. The molecule has 0 aliphatic rings. The predicted octanol–water partition coefficient (Wildman–Crippen LogP) is 4.87. The summed E-state index contributed by atoms with van der Waals surface area (Å²) in [5, 5.41) is 24.0. The molecule has 38 heavy (non-hydrogen) atoms. The Balaban J connectivity index is 1.79. The Morgan fingerprint density at radius 1 is 1.16 bits per heavy atom. The van der Waals surface area contributed by atoms with Crippen molar-refractivity contribution in [1.82, 2.24) is 14.8 Å². The lowest BCUT2D eigenvalue weighted by atomic mass is 10.1. The highest BCUT2D eigenvalue weighted by Crippen LogP contribution is 2.36. The molecule has 2 aromatic carbocycles. The first-order chi connectivity index (χ1) is 17.9. The van der Waals surface area contributed by atoms with E-state index in [-0.39, 0.29) is 28.3 Å². The molecule has 1 amide bonds. The van der Waals surface area contributed by atoms with Gasteiger partial charge in [0.15, 0.2) is 5.69 Å². The molecule has 192 valence electrons. The van der Waals surface area contributed by atoms with E-state index >= 15 is 0 Å². The zero-order valence-electron chi connectivity index (χ0n) is 19.9. The minimum Gasteiger partial charge on any atom is -0.319 e. The molecule has 0 bridgehead atoms. The number of aromatic nitrogens is 3. The maximum atomic E-state index is 13.9. The normalized spacial score (nSPS) is 12.8. The van der Waals surface area contributed by atoms with E-state index in [2.05, 4.69) is 19.8 Å². The van der Waals surface area contributed by atoms with Crippen molar-refractivity contribution in [2.24, 2.45) is 4.36 Å². The highest BCUT2D eigenvalue weighted by molar-refractivity contribution is 7.93. The predicted molar refractivity (Wildman–Crippen MR) is 132 cm³/mol. The van der Waals surface area contributed by atoms with Gasteiger partial charge in [-0.15, -0.1) is 4.36 Å². The Bertz CT molecular complexity index is 1770. The summed E-state index contributed by atoms with van der Waals surface area (Å²) in [6.45, 7) is 1.36. The van der Waals surface area contributed by atoms with E-state index in [1.54, 1.807) is 36.4 Å². The van der Waals surface area contributed by atoms with Gasteiger partial charge in [0.05, 0.1) is 40.6 Å². The number of nitriles is 2. The lowest BCUT2D eigenvalue weighted by Gasteiger charge is -2.12. The Hall–Kier alpha value is -4.75. The number of para-hydroxylation sites is 1. The van der Waals surface area contributed by atoms with Gasteiger partial charge in [-0.3, -0.25) is 9.48 Å². The van der Waals surface area contributed by atoms with E-state index in [0.29, 0.717) is 16.5 Å². The second-order valence-corrected chi connectivity index (χ2v) is 10.5. The minimum absolute atomic E-state index is 0.0353. The highest BCUT2D eigenvalue weighted by Gasteiger charge is 2.39. The Morgan fingerprint density at radius 2 is 1.84 bits per heavy atom. The van der Waals surface area contributed by atoms with Gasteiger partial charge in [-0.1, -0.05) is 30.3 Å². The fourth-order valence-electron chi connectivity index (χ4n) is 3.74. The van der Waals surface area contributed by atoms with Crippen molar-refractivity contribution in [1.29, 1.82) is 10.5 Å². The molecule has 0 aliphatic carbocycles. The van der Waals surface area contributed by atoms with Gasteiger partial charge < -0.3 is 5.32 Å². The minimum atomic E-state index is -4.88. The average Bonchev–Trinajstić information content (AvgIpc) is 3.18. The van der Waals surface area contributed by atoms with Crippen molar-refractivity contribution in [3.05, 3.63) is 82.7 Å². The standard InChI is InChI=1S/C25H18F3N7O2S/c1-15-22(23(25(26,27)28)34-35(15)13-17-9-7-16(12-29)8-10-17)33-24(36)19-11-21(38(2,37)31-14-30)32-20-6-4-3-5-18(19)20/h3-11H,13H2,1-2H3,(H,33,36). The van der Waals surface area contributed by atoms with Crippen LogP contribution in [0.25, 0.3) is 10.9 Å². The van der Waals surface area contributed by atoms with E-state index in [0.717, 1.165) is 10.7 Å². The molecule has 2 aromatic heterocycles. The Labute approximate surface area is 215 Å². The lowest BCUT2D eigenvalue weighted by molar-refractivity contribution is -0.140. The average molecular weight is 538 g/mol. The Morgan fingerprint density at radius 3 is 2.47 bits per heavy atom. The van der Waals surface area contributed by atoms with Crippen molar-refractivity contribution in [2.45, 2.75) is 24.7 Å². The fourth-order valence-corrected chi connectivity index (χ4v) is 4.60. The SMILES string of the molecule is Cc1c(NC(=O)c2cc(S(C)(=O)=NC#N)nc3ccccc23)c(C(F)(F)F)nn1Cc1ccc(C#N)cc1. The van der Waals surface area contributed by atoms with Crippen molar-refractivity contribution in [3.63, 3.8) is 0 Å². The first kappa shape index (κ1) is 26.3. The highest BCUT2D eigenvalue weighted by atomic mass is 32.2. The van der Waals surface area contributed by atoms with E-state index in [1.165, 1.54) is 31.5 Å². The van der Waals surface area contributed by atoms with Gasteiger partial charge in [0.1, 0.15) is 14.8 Å². The van der Waals surface area contributed by atoms with Crippen molar-refractivity contribution in [3.8, 4) is 12.3 Å². The van der Waals surface area contributed by atoms with E-state index in [1.807, 2.05) is 6.07 Å². The maximum absolute atomic E-state index is 13.9. The van der Waals surface area contributed by atoms with Crippen molar-refractivity contribution < 1.29 is 22.2 Å². The number of hydrogen-bond acceptors (Lipinski definition) is 7. The molecule has 0 radical (unpaired) electrons. The van der Waals surface area contributed by atoms with Crippen LogP contribution in [0.3, 0.4) is 0 Å². The number of rotatable bonds is 5. The molecule has 1 unspecified atom stereocenters. The van der Waals surface area contributed by atoms with Crippen molar-refractivity contribution in [2.75, 3.05) is 11.6 Å². The smallest absolute Gasteiger partial charge is 0.319 e. The molecule has 0 aliphatic heterocycles. The molecule has 0 fully saturated rings. The molecule has 0 saturated heterocycles. The number of anilines is 1. The van der Waals surface area contributed by atoms with E-state index in [9.17, 15) is 22.2 Å². The van der Waals surface area contributed by atoms with Crippen LogP contribution in [0.4, 0.5) is 18.9 Å². The summed E-state index contributed by atoms with van der Waals surface area (Å²) in [5.41, 5.74) is -0.607. The molecule has 1 atom stereocenters. The van der Waals surface area contributed by atoms with E-state index < -0.39 is 33.2 Å². The summed E-state index contributed by atoms with van der Waals surface area (Å²) in [4.78, 5) is 17.6. The number of carbonyl (C=O) groups is 1. The van der Waals surface area contributed by atoms with Gasteiger partial charge in [-0.05, 0) is 36.8 Å². The molecule has 2 heterocycles. The molecular weight excluding hydrogens is 519 g/mol. The zero-order valence-corrected chi connectivity index (χ0v) is 20.8. The number of halogens is 3. The number of nitrogens with one attached hydrogen (secondary N) is 1. The van der Waals surface area contributed by atoms with Gasteiger partial charge >= 0.3 is 6.18 Å². The summed E-state index contributed by atoms with van der Waals surface area (Å²) in [5.74, 6) is -0.913. The molecule has 4 aromatic rings. The zero-order chi connectivity index (χ0) is 27.7. The van der Waals surface area contributed by atoms with E-state index in [4.69, 9.17) is 10.5 Å². The number of alkyl halides is 3. The van der Waals surface area contributed by atoms with Gasteiger partial charge in [-0.25, -0.2) is 9.19 Å². The van der Waals surface area contributed by atoms with Gasteiger partial charge in [-0.2, -0.15) is 28.8 Å². The van der Waals surface area contributed by atoms with Crippen LogP contribution in [0.1, 0.15) is 32.9 Å². The summed E-state index contributed by atoms with van der Waals surface area (Å²) in [6, 6.07) is 15.7. The third-order valence-corrected chi connectivity index (χ3v) is 7.08. The first-order valence-electron chi connectivity index (χ1n) is 10.9. The van der Waals surface area contributed by atoms with Crippen LogP contribution in [-0.4, -0.2) is 31.1 Å². The molecule has 1 N–H and O–H groups in total. The Kier molecular flexibility index (Phi) is 6.89. The van der Waals surface area contributed by atoms with Crippen LogP contribution in [0, 0.1) is 29.7 Å². The number of benzene rings is 2. The van der Waals surface area contributed by atoms with Crippen LogP contribution in [0.5, 0.6) is 0 Å². The molecule has 0 saturated carbocycles. The van der Waals surface area contributed by atoms with Gasteiger partial charge in [0, 0.05) is 11.6 Å². The second-order valence-electron chi connectivity index (χ2n) is 8.25. The number of nitrogens with zero attached hydrogens (tertiary/aromatic N) is 6. The first-order valence-corrected chi connectivity index (χ1v) is 12.8. The van der Waals surface area contributed by atoms with Gasteiger partial charge in [0.25, 0.3) is 5.91 Å². The van der Waals surface area contributed by atoms with Crippen LogP contribution in [-0.2, 0) is 22.5 Å². The number of carbonyl (C=O) groups excluding carboxylic acids is 1. The van der Waals surface area contributed by atoms with Crippen LogP contribution in [0.2, 0.25) is 0 Å². The molecule has 9 nitrogen and oxygen atoms in total. The molecule has 13 heteroatoms. The maximum Gasteiger partial charge on any atom is 0.437 e. The summed E-state index contributed by atoms with van der Waals surface area (Å²) in [6.07, 6.45) is -2.24. The lowest BCUT2D eigenvalue weighted by Crippen LogP contribution is -2.18. The summed E-state index contributed by atoms with van der Waals surface area (Å²) >= 11 is 0. The summed E-state index contributed by atoms with van der Waals surface area (Å²) < 4.78 is 59.2. The largest absolute Gasteiger partial charge is 0.437 e. The van der Waals surface area contributed by atoms with Crippen LogP contribution >= 0.6 is 0 Å². The molecule has 4 rings (SSSR count). The molecule has 0 spiro atoms. The summed E-state index contributed by atoms with van der Waals surface area (Å²) in [7, 11) is -3.30. The second kappa shape index (κ2) is 9.95. The number of pyridine rings is 1. The van der Waals surface area contributed by atoms with Crippen LogP contribution in [0.15, 0.2) is 64.0 Å². The topological polar surface area (TPSA) is 137 Å². The number of hydrogen-bond donors (Lipinski definition) is 1. The molecular formula is C25H18F3N7O2S. The fraction of sp³-hybridized carbons (Fsp3) is 0.160. The number of fused-ring (bicyclic) bond motifs is 1. The quantitative estimate of drug-likeness (QED) is 0.361. The monoisotopic (exact) mass is 537 g/mol. The third-order valence-electron chi connectivity index (χ3n) is 5.67. The van der Waals surface area contributed by atoms with Crippen molar-refractivity contribution >= 4 is 32.2 Å².